The van der Waals surface area contributed by atoms with Gasteiger partial charge in [0.1, 0.15) is 5.52 Å². The summed E-state index contributed by atoms with van der Waals surface area (Å²) in [5.74, 6) is 0.0438. The molecule has 0 aliphatic carbocycles. The standard InChI is InChI=1S/C18H15ClN6O2/c19-12-3-5-13(6-4-12)21-18-22-16(26)14-15(17(27)23-18)25(11-20-14)10-9-24-7-1-2-8-24/h1-8,11H,9-10H2,(H2,21,22,23,26,27). The number of hydrogen-bond donors (Lipinski definition) is 2. The zero-order valence-electron chi connectivity index (χ0n) is 14.1. The molecule has 1 aromatic carbocycles. The Labute approximate surface area is 158 Å². The predicted octanol–water partition coefficient (Wildman–Crippen LogP) is 2.38. The van der Waals surface area contributed by atoms with Crippen LogP contribution in [-0.4, -0.2) is 24.1 Å². The average molecular weight is 383 g/mol. The molecule has 0 atom stereocenters. The fourth-order valence-corrected chi connectivity index (χ4v) is 2.89. The highest BCUT2D eigenvalue weighted by molar-refractivity contribution is 6.30. The van der Waals surface area contributed by atoms with Crippen molar-refractivity contribution in [3.05, 3.63) is 80.8 Å². The summed E-state index contributed by atoms with van der Waals surface area (Å²) in [6.45, 7) is 1.14. The van der Waals surface area contributed by atoms with E-state index in [1.165, 1.54) is 6.33 Å². The molecule has 0 spiro atoms. The van der Waals surface area contributed by atoms with Gasteiger partial charge >= 0.3 is 5.56 Å². The van der Waals surface area contributed by atoms with Crippen LogP contribution in [0.3, 0.4) is 0 Å². The quantitative estimate of drug-likeness (QED) is 0.552. The van der Waals surface area contributed by atoms with Gasteiger partial charge < -0.3 is 14.5 Å². The van der Waals surface area contributed by atoms with Crippen LogP contribution in [0.1, 0.15) is 0 Å². The van der Waals surface area contributed by atoms with Gasteiger partial charge in [-0.05, 0) is 36.4 Å². The molecule has 2 N–H and O–H groups in total. The third kappa shape index (κ3) is 3.61. The second-order valence-electron chi connectivity index (χ2n) is 5.91. The van der Waals surface area contributed by atoms with Gasteiger partial charge in [-0.3, -0.25) is 14.6 Å². The molecule has 0 aliphatic heterocycles. The Balaban J connectivity index is 1.71. The summed E-state index contributed by atoms with van der Waals surface area (Å²) in [6.07, 6.45) is 5.34. The normalized spacial score (nSPS) is 11.0. The molecule has 9 heteroatoms. The summed E-state index contributed by atoms with van der Waals surface area (Å²) in [4.78, 5) is 35.8. The van der Waals surface area contributed by atoms with Crippen molar-refractivity contribution in [1.82, 2.24) is 24.1 Å². The summed E-state index contributed by atoms with van der Waals surface area (Å²) >= 11 is 5.86. The number of fused-ring (bicyclic) bond motifs is 1. The number of H-pyrrole nitrogens is 1. The van der Waals surface area contributed by atoms with Crippen LogP contribution in [0.25, 0.3) is 11.0 Å². The number of halogens is 1. The van der Waals surface area contributed by atoms with E-state index in [0.717, 1.165) is 0 Å². The first kappa shape index (κ1) is 17.0. The molecule has 4 rings (SSSR count). The molecule has 8 nitrogen and oxygen atoms in total. The third-order valence-electron chi connectivity index (χ3n) is 4.07. The van der Waals surface area contributed by atoms with Gasteiger partial charge in [0, 0.05) is 36.2 Å². The minimum atomic E-state index is -0.584. The Bertz CT molecular complexity index is 1200. The van der Waals surface area contributed by atoms with E-state index in [1.54, 1.807) is 28.8 Å². The van der Waals surface area contributed by atoms with Crippen molar-refractivity contribution in [2.75, 3.05) is 5.32 Å². The zero-order chi connectivity index (χ0) is 18.8. The first-order valence-electron chi connectivity index (χ1n) is 8.23. The fourth-order valence-electron chi connectivity index (χ4n) is 2.77. The first-order valence-corrected chi connectivity index (χ1v) is 8.61. The van der Waals surface area contributed by atoms with Crippen LogP contribution in [0.5, 0.6) is 0 Å². The van der Waals surface area contributed by atoms with Crippen molar-refractivity contribution in [1.29, 1.82) is 0 Å². The second kappa shape index (κ2) is 7.08. The van der Waals surface area contributed by atoms with E-state index in [0.29, 0.717) is 23.8 Å². The number of anilines is 2. The molecule has 0 bridgehead atoms. The van der Waals surface area contributed by atoms with Crippen molar-refractivity contribution in [2.24, 2.45) is 0 Å². The largest absolute Gasteiger partial charge is 0.352 e. The second-order valence-corrected chi connectivity index (χ2v) is 6.34. The molecule has 3 heterocycles. The maximum Gasteiger partial charge on any atom is 0.301 e. The van der Waals surface area contributed by atoms with Crippen molar-refractivity contribution >= 4 is 34.3 Å². The van der Waals surface area contributed by atoms with Gasteiger partial charge in [0.15, 0.2) is 5.52 Å². The van der Waals surface area contributed by atoms with E-state index in [2.05, 4.69) is 20.3 Å². The third-order valence-corrected chi connectivity index (χ3v) is 4.32. The molecular weight excluding hydrogens is 368 g/mol. The summed E-state index contributed by atoms with van der Waals surface area (Å²) < 4.78 is 3.64. The number of nitrogens with zero attached hydrogens (tertiary/aromatic N) is 4. The highest BCUT2D eigenvalue weighted by Gasteiger charge is 2.11. The van der Waals surface area contributed by atoms with E-state index in [9.17, 15) is 9.59 Å². The van der Waals surface area contributed by atoms with Gasteiger partial charge in [-0.1, -0.05) is 11.6 Å². The van der Waals surface area contributed by atoms with Gasteiger partial charge in [0.05, 0.1) is 6.33 Å². The van der Waals surface area contributed by atoms with Crippen LogP contribution in [0, 0.1) is 0 Å². The van der Waals surface area contributed by atoms with Crippen LogP contribution in [0.2, 0.25) is 5.02 Å². The van der Waals surface area contributed by atoms with E-state index in [1.807, 2.05) is 29.1 Å². The molecule has 136 valence electrons. The average Bonchev–Trinajstić information content (AvgIpc) is 3.28. The van der Waals surface area contributed by atoms with Gasteiger partial charge in [0.25, 0.3) is 5.56 Å². The van der Waals surface area contributed by atoms with Crippen LogP contribution >= 0.6 is 11.6 Å². The van der Waals surface area contributed by atoms with Gasteiger partial charge in [-0.15, -0.1) is 0 Å². The zero-order valence-corrected chi connectivity index (χ0v) is 14.8. The Morgan fingerprint density at radius 1 is 1.07 bits per heavy atom. The number of hydrogen-bond acceptors (Lipinski definition) is 5. The number of rotatable bonds is 5. The van der Waals surface area contributed by atoms with Crippen LogP contribution in [-0.2, 0) is 13.1 Å². The topological polar surface area (TPSA) is 97.6 Å². The predicted molar refractivity (Wildman–Crippen MR) is 104 cm³/mol. The van der Waals surface area contributed by atoms with E-state index < -0.39 is 11.1 Å². The minimum Gasteiger partial charge on any atom is -0.352 e. The Kier molecular flexibility index (Phi) is 4.47. The maximum atomic E-state index is 12.7. The van der Waals surface area contributed by atoms with Crippen molar-refractivity contribution in [3.63, 3.8) is 0 Å². The van der Waals surface area contributed by atoms with Crippen LogP contribution in [0.15, 0.2) is 64.7 Å². The molecule has 0 aliphatic rings. The van der Waals surface area contributed by atoms with Gasteiger partial charge in [0.2, 0.25) is 5.95 Å². The highest BCUT2D eigenvalue weighted by atomic mass is 35.5. The molecule has 0 amide bonds. The molecule has 3 aromatic heterocycles. The molecule has 4 aromatic rings. The smallest absolute Gasteiger partial charge is 0.301 e. The summed E-state index contributed by atoms with van der Waals surface area (Å²) in [5.41, 5.74) is -0.154. The molecule has 0 saturated heterocycles. The van der Waals surface area contributed by atoms with E-state index >= 15 is 0 Å². The number of benzene rings is 1. The Hall–Kier alpha value is -3.39. The lowest BCUT2D eigenvalue weighted by Gasteiger charge is -2.04. The van der Waals surface area contributed by atoms with Crippen molar-refractivity contribution in [2.45, 2.75) is 13.1 Å². The summed E-state index contributed by atoms with van der Waals surface area (Å²) in [6, 6.07) is 10.7. The molecule has 0 radical (unpaired) electrons. The van der Waals surface area contributed by atoms with Crippen LogP contribution in [0.4, 0.5) is 11.6 Å². The maximum absolute atomic E-state index is 12.7. The lowest BCUT2D eigenvalue weighted by atomic mass is 10.3. The minimum absolute atomic E-state index is 0.0351. The van der Waals surface area contributed by atoms with Crippen LogP contribution < -0.4 is 16.4 Å². The Morgan fingerprint density at radius 3 is 2.56 bits per heavy atom. The Morgan fingerprint density at radius 2 is 1.81 bits per heavy atom. The molecule has 0 fully saturated rings. The number of nitrogens with one attached hydrogen (secondary N) is 2. The number of imidazole rings is 1. The number of aromatic nitrogens is 5. The molecule has 0 saturated carbocycles. The van der Waals surface area contributed by atoms with Gasteiger partial charge in [-0.2, -0.15) is 4.98 Å². The first-order chi connectivity index (χ1) is 13.1. The van der Waals surface area contributed by atoms with E-state index in [-0.39, 0.29) is 17.0 Å². The van der Waals surface area contributed by atoms with Crippen molar-refractivity contribution < 1.29 is 0 Å². The lowest BCUT2D eigenvalue weighted by molar-refractivity contribution is 0.590. The van der Waals surface area contributed by atoms with Gasteiger partial charge in [-0.25, -0.2) is 4.98 Å². The lowest BCUT2D eigenvalue weighted by Crippen LogP contribution is -2.12. The summed E-state index contributed by atoms with van der Waals surface area (Å²) in [7, 11) is 0. The summed E-state index contributed by atoms with van der Waals surface area (Å²) in [5, 5.41) is 3.49. The number of aromatic amines is 1. The fraction of sp³-hybridized carbons (Fsp3) is 0.111. The molecule has 27 heavy (non-hydrogen) atoms. The molecule has 0 unspecified atom stereocenters. The SMILES string of the molecule is O=c1nc(Nc2ccc(Cl)cc2)[nH]c(=O)c2c1ncn2CCn1cccc1. The van der Waals surface area contributed by atoms with E-state index in [4.69, 9.17) is 11.6 Å². The van der Waals surface area contributed by atoms with Crippen molar-refractivity contribution in [3.8, 4) is 0 Å². The number of aryl methyl sites for hydroxylation is 2. The highest BCUT2D eigenvalue weighted by Crippen LogP contribution is 2.15. The molecular formula is C18H15ClN6O2. The monoisotopic (exact) mass is 382 g/mol.